The lowest BCUT2D eigenvalue weighted by Crippen LogP contribution is -2.60. The van der Waals surface area contributed by atoms with Crippen molar-refractivity contribution < 1.29 is 68.6 Å². The molecule has 2 aliphatic heterocycles. The molecule has 0 amide bonds. The Kier molecular flexibility index (Phi) is 7.31. The molecular formula is C23H26O15. The van der Waals surface area contributed by atoms with Gasteiger partial charge >= 0.3 is 5.63 Å². The number of benzene rings is 1. The highest BCUT2D eigenvalue weighted by Crippen LogP contribution is 2.46. The van der Waals surface area contributed by atoms with Gasteiger partial charge in [-0.2, -0.15) is 0 Å². The lowest BCUT2D eigenvalue weighted by Gasteiger charge is -2.41. The zero-order valence-electron chi connectivity index (χ0n) is 19.4. The van der Waals surface area contributed by atoms with Crippen LogP contribution >= 0.6 is 0 Å². The Hall–Kier alpha value is -2.83. The molecule has 0 aliphatic carbocycles. The molecule has 8 N–H and O–H groups in total. The molecule has 2 fully saturated rings. The van der Waals surface area contributed by atoms with E-state index in [9.17, 15) is 45.6 Å². The molecule has 10 atom stereocenters. The molecule has 15 heteroatoms. The molecule has 0 bridgehead atoms. The molecule has 0 radical (unpaired) electrons. The van der Waals surface area contributed by atoms with Gasteiger partial charge in [-0.25, -0.2) is 4.79 Å². The predicted molar refractivity (Wildman–Crippen MR) is 121 cm³/mol. The van der Waals surface area contributed by atoms with Crippen LogP contribution in [0.3, 0.4) is 0 Å². The van der Waals surface area contributed by atoms with Crippen molar-refractivity contribution >= 4 is 21.9 Å². The van der Waals surface area contributed by atoms with Crippen LogP contribution in [0.1, 0.15) is 0 Å². The van der Waals surface area contributed by atoms with Crippen molar-refractivity contribution in [1.82, 2.24) is 0 Å². The predicted octanol–water partition coefficient (Wildman–Crippen LogP) is -3.10. The van der Waals surface area contributed by atoms with Crippen LogP contribution in [-0.2, 0) is 9.47 Å². The summed E-state index contributed by atoms with van der Waals surface area (Å²) in [6, 6.07) is 3.72. The molecule has 2 saturated heterocycles. The molecular weight excluding hydrogens is 516 g/mol. The van der Waals surface area contributed by atoms with Crippen LogP contribution in [0, 0.1) is 0 Å². The minimum Gasteiger partial charge on any atom is -0.460 e. The summed E-state index contributed by atoms with van der Waals surface area (Å²) in [5, 5.41) is 80.9. The second-order valence-electron chi connectivity index (χ2n) is 8.95. The third kappa shape index (κ3) is 4.42. The first-order valence-electron chi connectivity index (χ1n) is 11.6. The molecule has 208 valence electrons. The Labute approximate surface area is 212 Å². The summed E-state index contributed by atoms with van der Waals surface area (Å²) < 4.78 is 33.4. The maximum absolute atomic E-state index is 12.0. The molecule has 4 heterocycles. The number of hydrogen-bond donors (Lipinski definition) is 8. The summed E-state index contributed by atoms with van der Waals surface area (Å²) in [5.41, 5.74) is -0.826. The van der Waals surface area contributed by atoms with E-state index in [1.165, 1.54) is 18.4 Å². The smallest absolute Gasteiger partial charge is 0.336 e. The fourth-order valence-electron chi connectivity index (χ4n) is 4.47. The highest BCUT2D eigenvalue weighted by molar-refractivity contribution is 6.08. The third-order valence-electron chi connectivity index (χ3n) is 6.57. The standard InChI is InChI=1S/C23H26O15/c24-5-9-12(27)14(29)16(31)22(34-9)37-20-7-1-2-11(26)36-19(7)18-8(3-4-33-18)21(20)38-23-17(32)15(30)13(28)10(6-25)35-23/h1-4,9-10,12-17,22-25,27-32H,5-6H2. The summed E-state index contributed by atoms with van der Waals surface area (Å²) in [7, 11) is 0. The van der Waals surface area contributed by atoms with Crippen LogP contribution in [0.4, 0.5) is 0 Å². The van der Waals surface area contributed by atoms with E-state index in [1.807, 2.05) is 0 Å². The number of aliphatic hydroxyl groups is 8. The van der Waals surface area contributed by atoms with E-state index in [1.54, 1.807) is 0 Å². The van der Waals surface area contributed by atoms with Crippen LogP contribution in [-0.4, -0.2) is 115 Å². The van der Waals surface area contributed by atoms with Gasteiger partial charge in [0.15, 0.2) is 22.7 Å². The normalized spacial score (nSPS) is 36.0. The molecule has 15 nitrogen and oxygen atoms in total. The molecule has 5 rings (SSSR count). The van der Waals surface area contributed by atoms with Crippen molar-refractivity contribution in [2.24, 2.45) is 0 Å². The summed E-state index contributed by atoms with van der Waals surface area (Å²) in [6.45, 7) is -1.45. The number of fused-ring (bicyclic) bond motifs is 3. The van der Waals surface area contributed by atoms with Gasteiger partial charge in [0.25, 0.3) is 0 Å². The van der Waals surface area contributed by atoms with Crippen LogP contribution < -0.4 is 15.1 Å². The lowest BCUT2D eigenvalue weighted by atomic mass is 9.99. The van der Waals surface area contributed by atoms with Crippen molar-refractivity contribution in [2.75, 3.05) is 13.2 Å². The quantitative estimate of drug-likeness (QED) is 0.144. The van der Waals surface area contributed by atoms with Gasteiger partial charge in [-0.1, -0.05) is 0 Å². The van der Waals surface area contributed by atoms with Gasteiger partial charge in [-0.15, -0.1) is 0 Å². The fourth-order valence-corrected chi connectivity index (χ4v) is 4.47. The average molecular weight is 542 g/mol. The van der Waals surface area contributed by atoms with E-state index in [-0.39, 0.29) is 33.4 Å². The second kappa shape index (κ2) is 10.4. The summed E-state index contributed by atoms with van der Waals surface area (Å²) in [5.74, 6) is -0.490. The molecule has 10 unspecified atom stereocenters. The van der Waals surface area contributed by atoms with E-state index in [4.69, 9.17) is 27.8 Å². The SMILES string of the molecule is O=c1ccc2c(OC3OC(CO)C(O)C(O)C3O)c(OC3OC(CO)C(O)C(O)C3O)c3ccoc3c2o1. The van der Waals surface area contributed by atoms with E-state index >= 15 is 0 Å². The molecule has 2 aromatic heterocycles. The van der Waals surface area contributed by atoms with E-state index in [2.05, 4.69) is 0 Å². The topological polar surface area (TPSA) is 242 Å². The zero-order valence-corrected chi connectivity index (χ0v) is 19.4. The van der Waals surface area contributed by atoms with Gasteiger partial charge in [0.2, 0.25) is 12.6 Å². The molecule has 3 aromatic rings. The van der Waals surface area contributed by atoms with Crippen LogP contribution in [0.15, 0.2) is 38.1 Å². The Morgan fingerprint density at radius 3 is 1.66 bits per heavy atom. The lowest BCUT2D eigenvalue weighted by molar-refractivity contribution is -0.282. The Balaban J connectivity index is 1.63. The Morgan fingerprint density at radius 2 is 1.16 bits per heavy atom. The van der Waals surface area contributed by atoms with Crippen LogP contribution in [0.5, 0.6) is 11.5 Å². The van der Waals surface area contributed by atoms with Crippen molar-refractivity contribution in [3.8, 4) is 11.5 Å². The number of ether oxygens (including phenoxy) is 4. The largest absolute Gasteiger partial charge is 0.460 e. The molecule has 2 aliphatic rings. The summed E-state index contributed by atoms with van der Waals surface area (Å²) >= 11 is 0. The molecule has 0 spiro atoms. The minimum atomic E-state index is -1.82. The first kappa shape index (κ1) is 26.8. The van der Waals surface area contributed by atoms with Gasteiger partial charge in [0.05, 0.1) is 30.2 Å². The first-order valence-corrected chi connectivity index (χ1v) is 11.6. The van der Waals surface area contributed by atoms with E-state index in [0.717, 1.165) is 6.07 Å². The highest BCUT2D eigenvalue weighted by atomic mass is 16.7. The average Bonchev–Trinajstić information content (AvgIpc) is 3.40. The van der Waals surface area contributed by atoms with Gasteiger partial charge in [0.1, 0.15) is 48.8 Å². The Morgan fingerprint density at radius 1 is 0.658 bits per heavy atom. The number of furan rings is 1. The zero-order chi connectivity index (χ0) is 27.3. The van der Waals surface area contributed by atoms with E-state index < -0.39 is 80.3 Å². The fraction of sp³-hybridized carbons (Fsp3) is 0.522. The molecule has 38 heavy (non-hydrogen) atoms. The molecule has 0 saturated carbocycles. The maximum atomic E-state index is 12.0. The van der Waals surface area contributed by atoms with Crippen LogP contribution in [0.2, 0.25) is 0 Å². The van der Waals surface area contributed by atoms with Gasteiger partial charge in [0, 0.05) is 6.07 Å². The summed E-state index contributed by atoms with van der Waals surface area (Å²) in [6.07, 6.45) is -15.2. The minimum absolute atomic E-state index is 0.0124. The maximum Gasteiger partial charge on any atom is 0.336 e. The van der Waals surface area contributed by atoms with Crippen molar-refractivity contribution in [2.45, 2.75) is 61.4 Å². The number of rotatable bonds is 6. The van der Waals surface area contributed by atoms with E-state index in [0.29, 0.717) is 0 Å². The first-order chi connectivity index (χ1) is 18.2. The number of hydrogen-bond acceptors (Lipinski definition) is 15. The van der Waals surface area contributed by atoms with Crippen molar-refractivity contribution in [3.63, 3.8) is 0 Å². The summed E-state index contributed by atoms with van der Waals surface area (Å²) in [4.78, 5) is 12.0. The third-order valence-corrected chi connectivity index (χ3v) is 6.57. The molecule has 1 aromatic carbocycles. The van der Waals surface area contributed by atoms with Crippen molar-refractivity contribution in [3.05, 3.63) is 34.9 Å². The van der Waals surface area contributed by atoms with Gasteiger partial charge < -0.3 is 68.6 Å². The Bertz CT molecular complexity index is 1330. The van der Waals surface area contributed by atoms with Gasteiger partial charge in [-0.3, -0.25) is 0 Å². The monoisotopic (exact) mass is 542 g/mol. The highest BCUT2D eigenvalue weighted by Gasteiger charge is 2.47. The second-order valence-corrected chi connectivity index (χ2v) is 8.95. The number of aliphatic hydroxyl groups excluding tert-OH is 8. The van der Waals surface area contributed by atoms with Crippen LogP contribution in [0.25, 0.3) is 21.9 Å². The van der Waals surface area contributed by atoms with Crippen molar-refractivity contribution in [1.29, 1.82) is 0 Å². The van der Waals surface area contributed by atoms with Gasteiger partial charge in [-0.05, 0) is 12.1 Å².